The average molecular weight is 428 g/mol. The lowest BCUT2D eigenvalue weighted by molar-refractivity contribution is 0.186. The maximum Gasteiger partial charge on any atom is 0.139 e. The smallest absolute Gasteiger partial charge is 0.139 e. The Morgan fingerprint density at radius 2 is 1.69 bits per heavy atom. The highest BCUT2D eigenvalue weighted by molar-refractivity contribution is 5.92. The number of fused-ring (bicyclic) bond motifs is 1. The molecular weight excluding hydrogens is 398 g/mol. The number of para-hydroxylation sites is 1. The van der Waals surface area contributed by atoms with Crippen molar-refractivity contribution in [2.45, 2.75) is 38.1 Å². The van der Waals surface area contributed by atoms with Gasteiger partial charge >= 0.3 is 0 Å². The minimum atomic E-state index is 0.309. The van der Waals surface area contributed by atoms with Crippen molar-refractivity contribution >= 4 is 16.7 Å². The molecule has 1 aliphatic carbocycles. The van der Waals surface area contributed by atoms with E-state index in [0.717, 1.165) is 54.9 Å². The predicted octanol–water partition coefficient (Wildman–Crippen LogP) is 5.91. The fraction of sp³-hybridized carbons (Fsp3) is 0.296. The first-order valence-electron chi connectivity index (χ1n) is 11.4. The summed E-state index contributed by atoms with van der Waals surface area (Å²) < 4.78 is 5.92. The third-order valence-electron chi connectivity index (χ3n) is 6.42. The second-order valence-electron chi connectivity index (χ2n) is 8.68. The van der Waals surface area contributed by atoms with Crippen LogP contribution in [-0.2, 0) is 6.42 Å². The zero-order chi connectivity index (χ0) is 21.8. The maximum atomic E-state index is 9.41. The summed E-state index contributed by atoms with van der Waals surface area (Å²) in [6.07, 6.45) is 9.11. The monoisotopic (exact) mass is 427 g/mol. The number of rotatable bonds is 7. The van der Waals surface area contributed by atoms with Crippen molar-refractivity contribution in [2.24, 2.45) is 5.92 Å². The van der Waals surface area contributed by atoms with Crippen LogP contribution in [0.1, 0.15) is 36.8 Å². The van der Waals surface area contributed by atoms with Gasteiger partial charge in [0.15, 0.2) is 0 Å². The van der Waals surface area contributed by atoms with Gasteiger partial charge in [-0.25, -0.2) is 4.98 Å². The number of pyridine rings is 1. The molecule has 3 N–H and O–H groups in total. The van der Waals surface area contributed by atoms with E-state index in [1.165, 1.54) is 16.5 Å². The molecule has 0 radical (unpaired) electrons. The van der Waals surface area contributed by atoms with Crippen molar-refractivity contribution in [3.8, 4) is 11.5 Å². The standard InChI is InChI=1S/C27H29N3O2/c31-18-20-6-10-22(11-7-20)30-25-14-15-28-27-26(25)21(17-29-27)16-19-8-12-24(13-9-19)32-23-4-2-1-3-5-23/h1-5,8-9,12-15,17,20,22,31H,6-7,10-11,16,18H2,(H2,28,29,30). The van der Waals surface area contributed by atoms with E-state index >= 15 is 0 Å². The summed E-state index contributed by atoms with van der Waals surface area (Å²) in [6.45, 7) is 0.309. The summed E-state index contributed by atoms with van der Waals surface area (Å²) >= 11 is 0. The predicted molar refractivity (Wildman–Crippen MR) is 128 cm³/mol. The van der Waals surface area contributed by atoms with Gasteiger partial charge in [0.05, 0.1) is 0 Å². The molecule has 1 fully saturated rings. The Morgan fingerprint density at radius 3 is 2.44 bits per heavy atom. The van der Waals surface area contributed by atoms with Gasteiger partial charge in [-0.05, 0) is 79.5 Å². The molecule has 4 aromatic rings. The molecule has 0 spiro atoms. The quantitative estimate of drug-likeness (QED) is 0.343. The van der Waals surface area contributed by atoms with Gasteiger partial charge in [0.1, 0.15) is 17.1 Å². The van der Waals surface area contributed by atoms with Gasteiger partial charge in [0.2, 0.25) is 0 Å². The Balaban J connectivity index is 1.31. The highest BCUT2D eigenvalue weighted by Gasteiger charge is 2.21. The second-order valence-corrected chi connectivity index (χ2v) is 8.68. The Hall–Kier alpha value is -3.31. The molecule has 164 valence electrons. The van der Waals surface area contributed by atoms with Gasteiger partial charge in [-0.1, -0.05) is 30.3 Å². The SMILES string of the molecule is OCC1CCC(Nc2ccnc3[nH]cc(Cc4ccc(Oc5ccccc5)cc4)c23)CC1. The number of aliphatic hydroxyl groups is 1. The van der Waals surface area contributed by atoms with Gasteiger partial charge in [0.25, 0.3) is 0 Å². The number of benzene rings is 2. The van der Waals surface area contributed by atoms with Gasteiger partial charge in [-0.3, -0.25) is 0 Å². The third kappa shape index (κ3) is 4.63. The van der Waals surface area contributed by atoms with Crippen molar-refractivity contribution in [3.05, 3.63) is 84.2 Å². The number of ether oxygens (including phenoxy) is 1. The first-order chi connectivity index (χ1) is 15.8. The largest absolute Gasteiger partial charge is 0.457 e. The Labute approximate surface area is 188 Å². The molecule has 2 aromatic heterocycles. The first kappa shape index (κ1) is 20.6. The van der Waals surface area contributed by atoms with Crippen molar-refractivity contribution in [1.82, 2.24) is 9.97 Å². The van der Waals surface area contributed by atoms with Crippen LogP contribution in [0.25, 0.3) is 11.0 Å². The van der Waals surface area contributed by atoms with Crippen LogP contribution < -0.4 is 10.1 Å². The lowest BCUT2D eigenvalue weighted by Crippen LogP contribution is -2.27. The Morgan fingerprint density at radius 1 is 0.938 bits per heavy atom. The van der Waals surface area contributed by atoms with Crippen molar-refractivity contribution < 1.29 is 9.84 Å². The van der Waals surface area contributed by atoms with Crippen LogP contribution in [0.3, 0.4) is 0 Å². The van der Waals surface area contributed by atoms with Gasteiger partial charge in [0, 0.05) is 36.1 Å². The molecule has 1 aliphatic rings. The van der Waals surface area contributed by atoms with Crippen LogP contribution in [0.5, 0.6) is 11.5 Å². The van der Waals surface area contributed by atoms with Crippen LogP contribution >= 0.6 is 0 Å². The maximum absolute atomic E-state index is 9.41. The number of hydrogen-bond acceptors (Lipinski definition) is 4. The fourth-order valence-electron chi connectivity index (χ4n) is 4.61. The zero-order valence-corrected chi connectivity index (χ0v) is 18.1. The van der Waals surface area contributed by atoms with Gasteiger partial charge < -0.3 is 20.1 Å². The van der Waals surface area contributed by atoms with E-state index in [-0.39, 0.29) is 0 Å². The molecule has 0 aliphatic heterocycles. The highest BCUT2D eigenvalue weighted by Crippen LogP contribution is 2.32. The summed E-state index contributed by atoms with van der Waals surface area (Å²) in [5.41, 5.74) is 4.52. The molecule has 0 unspecified atom stereocenters. The number of H-pyrrole nitrogens is 1. The minimum Gasteiger partial charge on any atom is -0.457 e. The molecule has 1 saturated carbocycles. The summed E-state index contributed by atoms with van der Waals surface area (Å²) in [6, 6.07) is 20.6. The molecule has 0 atom stereocenters. The molecular formula is C27H29N3O2. The first-order valence-corrected chi connectivity index (χ1v) is 11.4. The molecule has 0 saturated heterocycles. The zero-order valence-electron chi connectivity index (χ0n) is 18.1. The number of aromatic nitrogens is 2. The second kappa shape index (κ2) is 9.45. The lowest BCUT2D eigenvalue weighted by atomic mass is 9.86. The number of hydrogen-bond donors (Lipinski definition) is 3. The Bertz CT molecular complexity index is 1150. The van der Waals surface area contributed by atoms with Gasteiger partial charge in [-0.2, -0.15) is 0 Å². The normalized spacial score (nSPS) is 18.5. The average Bonchev–Trinajstić information content (AvgIpc) is 3.25. The Kier molecular flexibility index (Phi) is 6.08. The molecule has 2 heterocycles. The van der Waals surface area contributed by atoms with Crippen molar-refractivity contribution in [3.63, 3.8) is 0 Å². The van der Waals surface area contributed by atoms with E-state index in [2.05, 4.69) is 39.7 Å². The lowest BCUT2D eigenvalue weighted by Gasteiger charge is -2.29. The third-order valence-corrected chi connectivity index (χ3v) is 6.42. The van der Waals surface area contributed by atoms with Crippen LogP contribution in [0.15, 0.2) is 73.1 Å². The number of nitrogens with zero attached hydrogens (tertiary/aromatic N) is 1. The molecule has 2 aromatic carbocycles. The summed E-state index contributed by atoms with van der Waals surface area (Å²) in [7, 11) is 0. The highest BCUT2D eigenvalue weighted by atomic mass is 16.5. The summed E-state index contributed by atoms with van der Waals surface area (Å²) in [5, 5.41) is 14.3. The number of anilines is 1. The molecule has 0 amide bonds. The van der Waals surface area contributed by atoms with E-state index in [1.807, 2.05) is 48.7 Å². The number of nitrogens with one attached hydrogen (secondary N) is 2. The fourth-order valence-corrected chi connectivity index (χ4v) is 4.61. The molecule has 0 bridgehead atoms. The van der Waals surface area contributed by atoms with Gasteiger partial charge in [-0.15, -0.1) is 0 Å². The van der Waals surface area contributed by atoms with Crippen LogP contribution in [0, 0.1) is 5.92 Å². The van der Waals surface area contributed by atoms with E-state index in [4.69, 9.17) is 4.74 Å². The molecule has 5 heteroatoms. The van der Waals surface area contributed by atoms with Crippen molar-refractivity contribution in [2.75, 3.05) is 11.9 Å². The topological polar surface area (TPSA) is 70.2 Å². The number of aliphatic hydroxyl groups excluding tert-OH is 1. The van der Waals surface area contributed by atoms with E-state index in [1.54, 1.807) is 0 Å². The molecule has 5 nitrogen and oxygen atoms in total. The van der Waals surface area contributed by atoms with Crippen LogP contribution in [0.4, 0.5) is 5.69 Å². The number of aromatic amines is 1. The van der Waals surface area contributed by atoms with E-state index in [0.29, 0.717) is 18.6 Å². The molecule has 32 heavy (non-hydrogen) atoms. The van der Waals surface area contributed by atoms with Crippen LogP contribution in [0.2, 0.25) is 0 Å². The van der Waals surface area contributed by atoms with E-state index in [9.17, 15) is 5.11 Å². The van der Waals surface area contributed by atoms with Crippen molar-refractivity contribution in [1.29, 1.82) is 0 Å². The summed E-state index contributed by atoms with van der Waals surface area (Å²) in [4.78, 5) is 7.87. The summed E-state index contributed by atoms with van der Waals surface area (Å²) in [5.74, 6) is 2.13. The van der Waals surface area contributed by atoms with E-state index < -0.39 is 0 Å². The van der Waals surface area contributed by atoms with Crippen LogP contribution in [-0.4, -0.2) is 27.7 Å². The minimum absolute atomic E-state index is 0.309. The molecule has 5 rings (SSSR count).